The van der Waals surface area contributed by atoms with E-state index in [9.17, 15) is 0 Å². The maximum absolute atomic E-state index is 6.20. The lowest BCUT2D eigenvalue weighted by molar-refractivity contribution is 0.00370. The minimum absolute atomic E-state index is 0. The summed E-state index contributed by atoms with van der Waals surface area (Å²) < 4.78 is 20.5. The molecule has 4 nitrogen and oxygen atoms in total. The van der Waals surface area contributed by atoms with Crippen molar-refractivity contribution in [1.29, 1.82) is 1.43 Å². The summed E-state index contributed by atoms with van der Waals surface area (Å²) in [5, 5.41) is 3.88. The summed E-state index contributed by atoms with van der Waals surface area (Å²) in [6.07, 6.45) is 1.62. The van der Waals surface area contributed by atoms with Crippen LogP contribution in [0.15, 0.2) is 24.7 Å². The number of aliphatic hydroxyl groups is 1. The molecule has 0 aromatic rings. The first-order valence-corrected chi connectivity index (χ1v) is 4.80. The lowest BCUT2D eigenvalue weighted by atomic mass is 10.4. The maximum Gasteiger partial charge on any atom is 0.214 e. The van der Waals surface area contributed by atoms with Gasteiger partial charge in [0.05, 0.1) is 11.5 Å². The molecule has 0 aliphatic heterocycles. The second-order valence-corrected chi connectivity index (χ2v) is 2.60. The Hall–Kier alpha value is -1.00. The Kier molecular flexibility index (Phi) is 17.9. The number of aliphatic hydroxyl groups excluding tert-OH is 1. The largest absolute Gasteiger partial charge is 0.473 e. The molecule has 1 N–H and O–H groups in total. The first kappa shape index (κ1) is 17.4. The molecule has 0 aliphatic carbocycles. The Morgan fingerprint density at radius 1 is 1.19 bits per heavy atom. The van der Waals surface area contributed by atoms with E-state index < -0.39 is 0 Å². The van der Waals surface area contributed by atoms with Crippen LogP contribution in [-0.2, 0) is 14.2 Å². The zero-order chi connectivity index (χ0) is 12.8. The zero-order valence-corrected chi connectivity index (χ0v) is 9.88. The predicted molar refractivity (Wildman–Crippen MR) is 66.7 cm³/mol. The van der Waals surface area contributed by atoms with E-state index in [0.29, 0.717) is 12.6 Å². The average Bonchev–Trinajstić information content (AvgIpc) is 2.33. The van der Waals surface area contributed by atoms with Gasteiger partial charge in [0.15, 0.2) is 13.6 Å². The van der Waals surface area contributed by atoms with Crippen molar-refractivity contribution in [3.63, 3.8) is 0 Å². The van der Waals surface area contributed by atoms with E-state index in [1.807, 2.05) is 13.8 Å². The van der Waals surface area contributed by atoms with E-state index >= 15 is 0 Å². The number of hydrogen-bond donors (Lipinski definition) is 1. The summed E-state index contributed by atoms with van der Waals surface area (Å²) in [5.74, 6) is 1.42. The molecule has 0 unspecified atom stereocenters. The second-order valence-electron chi connectivity index (χ2n) is 2.60. The van der Waals surface area contributed by atoms with E-state index in [2.05, 4.69) is 23.0 Å². The number of rotatable bonds is 8. The molecule has 0 heterocycles. The third-order valence-electron chi connectivity index (χ3n) is 1.43. The van der Waals surface area contributed by atoms with Crippen molar-refractivity contribution in [3.8, 4) is 0 Å². The molecule has 0 atom stereocenters. The van der Waals surface area contributed by atoms with Crippen LogP contribution in [0.3, 0.4) is 0 Å². The van der Waals surface area contributed by atoms with Crippen molar-refractivity contribution in [2.24, 2.45) is 0 Å². The average molecular weight is 235 g/mol. The van der Waals surface area contributed by atoms with Crippen LogP contribution in [0.1, 0.15) is 34.1 Å². The Bertz CT molecular complexity index is 163. The van der Waals surface area contributed by atoms with Crippen molar-refractivity contribution >= 4 is 0 Å². The molecule has 0 spiro atoms. The van der Waals surface area contributed by atoms with Gasteiger partial charge in [0.2, 0.25) is 1.43 Å². The Labute approximate surface area is 101 Å². The van der Waals surface area contributed by atoms with E-state index in [4.69, 9.17) is 10.9 Å². The third kappa shape index (κ3) is 18.7. The molecule has 98 valence electrons. The lowest BCUT2D eigenvalue weighted by Gasteiger charge is -2.03. The fourth-order valence-electron chi connectivity index (χ4n) is 0.430. The quantitative estimate of drug-likeness (QED) is 0.519. The molecule has 0 aromatic carbocycles. The van der Waals surface area contributed by atoms with Crippen molar-refractivity contribution < 1.29 is 19.3 Å². The topological polar surface area (TPSA) is 47.9 Å². The van der Waals surface area contributed by atoms with Crippen LogP contribution < -0.4 is 0 Å². The predicted octanol–water partition coefficient (Wildman–Crippen LogP) is 3.04. The number of methoxy groups -OCH3 is 1. The molecule has 4 heteroatoms. The molecule has 0 radical (unpaired) electrons. The van der Waals surface area contributed by atoms with E-state index in [1.165, 1.54) is 0 Å². The monoisotopic (exact) mass is 235 g/mol. The second kappa shape index (κ2) is 16.4. The van der Waals surface area contributed by atoms with Gasteiger partial charge >= 0.3 is 0 Å². The molecule has 16 heavy (non-hydrogen) atoms. The highest BCUT2D eigenvalue weighted by atomic mass is 16.7. The summed E-state index contributed by atoms with van der Waals surface area (Å²) in [6.45, 7) is 11.3. The summed E-state index contributed by atoms with van der Waals surface area (Å²) in [7, 11) is 1.59. The van der Waals surface area contributed by atoms with Gasteiger partial charge < -0.3 is 19.3 Å². The highest BCUT2D eigenvalue weighted by molar-refractivity contribution is 4.78. The zero-order valence-electron chi connectivity index (χ0n) is 10.9. The van der Waals surface area contributed by atoms with Crippen molar-refractivity contribution in [2.75, 3.05) is 20.7 Å². The van der Waals surface area contributed by atoms with Crippen molar-refractivity contribution in [2.45, 2.75) is 34.1 Å². The minimum Gasteiger partial charge on any atom is -0.473 e. The van der Waals surface area contributed by atoms with Crippen LogP contribution in [-0.4, -0.2) is 27.2 Å². The van der Waals surface area contributed by atoms with Gasteiger partial charge in [0.1, 0.15) is 0 Å². The van der Waals surface area contributed by atoms with Gasteiger partial charge in [-0.3, -0.25) is 0 Å². The normalized spacial score (nSPS) is 8.81. The summed E-state index contributed by atoms with van der Waals surface area (Å²) in [4.78, 5) is 0. The molecule has 0 rings (SSSR count). The first-order chi connectivity index (χ1) is 7.62. The van der Waals surface area contributed by atoms with E-state index in [-0.39, 0.29) is 14.2 Å². The first-order valence-electron chi connectivity index (χ1n) is 5.21. The van der Waals surface area contributed by atoms with E-state index in [1.54, 1.807) is 7.11 Å². The molecule has 0 fully saturated rings. The molecule has 0 aromatic heterocycles. The van der Waals surface area contributed by atoms with E-state index in [0.717, 1.165) is 18.6 Å². The van der Waals surface area contributed by atoms with Gasteiger partial charge in [-0.25, -0.2) is 0 Å². The number of ether oxygens (including phenoxy) is 3. The highest BCUT2D eigenvalue weighted by Gasteiger charge is 1.85. The van der Waals surface area contributed by atoms with Crippen LogP contribution in [0.5, 0.6) is 0 Å². The summed E-state index contributed by atoms with van der Waals surface area (Å²) in [6, 6.07) is 0. The number of allylic oxidation sites excluding steroid dienone is 2. The van der Waals surface area contributed by atoms with Crippen molar-refractivity contribution in [1.82, 2.24) is 0 Å². The van der Waals surface area contributed by atoms with Gasteiger partial charge in [-0.15, -0.1) is 0 Å². The fourth-order valence-corrected chi connectivity index (χ4v) is 0.430. The Morgan fingerprint density at radius 3 is 2.06 bits per heavy atom. The molecular formula is C12H26O4. The smallest absolute Gasteiger partial charge is 0.214 e. The van der Waals surface area contributed by atoms with Gasteiger partial charge in [-0.1, -0.05) is 34.4 Å². The van der Waals surface area contributed by atoms with Crippen LogP contribution in [0, 0.1) is 0 Å². The maximum atomic E-state index is 6.20. The van der Waals surface area contributed by atoms with Gasteiger partial charge in [0.25, 0.3) is 0 Å². The van der Waals surface area contributed by atoms with Crippen LogP contribution in [0.25, 0.3) is 0 Å². The standard InChI is InChI=1S/C6H12O2.C5H10O2.CH4/c1-4-6(2)8-5-7-3;1-3-5(2)7-4-6;/h2,4-5H2,1,3H3;6H,2-4H2,1H3;1H4/i;6D;. The molecule has 0 amide bonds. The van der Waals surface area contributed by atoms with Gasteiger partial charge in [-0.2, -0.15) is 0 Å². The summed E-state index contributed by atoms with van der Waals surface area (Å²) in [5.41, 5.74) is 0. The number of hydrogen-bond acceptors (Lipinski definition) is 4. The van der Waals surface area contributed by atoms with Crippen LogP contribution >= 0.6 is 0 Å². The molecule has 0 saturated heterocycles. The van der Waals surface area contributed by atoms with Gasteiger partial charge in [0, 0.05) is 20.0 Å². The summed E-state index contributed by atoms with van der Waals surface area (Å²) >= 11 is 0. The highest BCUT2D eigenvalue weighted by Crippen LogP contribution is 1.96. The Morgan fingerprint density at radius 2 is 1.69 bits per heavy atom. The third-order valence-corrected chi connectivity index (χ3v) is 1.43. The molecule has 0 bridgehead atoms. The van der Waals surface area contributed by atoms with Crippen LogP contribution in [0.2, 0.25) is 0 Å². The molecule has 0 saturated carbocycles. The fraction of sp³-hybridized carbons (Fsp3) is 0.667. The van der Waals surface area contributed by atoms with Crippen LogP contribution in [0.4, 0.5) is 0 Å². The SMILES string of the molecule is C.C=C(CC)OCOC.[2H]OCOC(=C)CC. The lowest BCUT2D eigenvalue weighted by Crippen LogP contribution is -1.93. The minimum atomic E-state index is -0.0212. The molecular weight excluding hydrogens is 208 g/mol. The van der Waals surface area contributed by atoms with Crippen molar-refractivity contribution in [3.05, 3.63) is 24.7 Å². The van der Waals surface area contributed by atoms with Gasteiger partial charge in [-0.05, 0) is 0 Å². The molecule has 0 aliphatic rings. The Balaban J connectivity index is -0.000000218.